The number of hydrogen-bond donors (Lipinski definition) is 2. The lowest BCUT2D eigenvalue weighted by Crippen LogP contribution is -2.31. The molecule has 1 unspecified atom stereocenters. The summed E-state index contributed by atoms with van der Waals surface area (Å²) in [5.74, 6) is -0.995. The largest absolute Gasteiger partial charge is 0.397 e. The van der Waals surface area contributed by atoms with Crippen LogP contribution in [0.4, 0.5) is 13.2 Å². The summed E-state index contributed by atoms with van der Waals surface area (Å²) in [6.45, 7) is 1.46. The number of hydrogen-bond acceptors (Lipinski definition) is 4. The Balaban J connectivity index is 2.45. The second-order valence-electron chi connectivity index (χ2n) is 2.85. The van der Waals surface area contributed by atoms with Crippen LogP contribution in [0.25, 0.3) is 0 Å². The van der Waals surface area contributed by atoms with Gasteiger partial charge in [-0.1, -0.05) is 5.21 Å². The Morgan fingerprint density at radius 2 is 2.27 bits per heavy atom. The van der Waals surface area contributed by atoms with E-state index in [1.54, 1.807) is 0 Å². The molecule has 1 amide bonds. The SMILES string of the molecule is CC(NC(=O)CC(F)(F)F)c1nn[nH]n1. The van der Waals surface area contributed by atoms with Gasteiger partial charge in [0.15, 0.2) is 5.82 Å². The Bertz CT molecular complexity index is 322. The molecule has 2 N–H and O–H groups in total. The predicted octanol–water partition coefficient (Wildman–Crippen LogP) is 0.329. The minimum atomic E-state index is -4.51. The third kappa shape index (κ3) is 3.92. The van der Waals surface area contributed by atoms with Gasteiger partial charge in [-0.15, -0.1) is 10.2 Å². The van der Waals surface area contributed by atoms with Crippen LogP contribution in [0.3, 0.4) is 0 Å². The molecule has 1 aromatic rings. The quantitative estimate of drug-likeness (QED) is 0.773. The number of rotatable bonds is 3. The first-order valence-electron chi connectivity index (χ1n) is 3.98. The van der Waals surface area contributed by atoms with Gasteiger partial charge in [0.2, 0.25) is 5.91 Å². The van der Waals surface area contributed by atoms with Crippen molar-refractivity contribution in [2.75, 3.05) is 0 Å². The molecule has 1 heterocycles. The van der Waals surface area contributed by atoms with E-state index in [-0.39, 0.29) is 5.82 Å². The normalized spacial score (nSPS) is 13.6. The van der Waals surface area contributed by atoms with Crippen molar-refractivity contribution in [1.29, 1.82) is 0 Å². The van der Waals surface area contributed by atoms with E-state index in [4.69, 9.17) is 0 Å². The van der Waals surface area contributed by atoms with Gasteiger partial charge < -0.3 is 5.32 Å². The average Bonchev–Trinajstić information content (AvgIpc) is 2.50. The van der Waals surface area contributed by atoms with Crippen molar-refractivity contribution in [2.45, 2.75) is 25.6 Å². The van der Waals surface area contributed by atoms with Gasteiger partial charge in [-0.05, 0) is 6.92 Å². The molecule has 0 aliphatic rings. The van der Waals surface area contributed by atoms with E-state index in [0.29, 0.717) is 0 Å². The third-order valence-corrected chi connectivity index (χ3v) is 1.49. The van der Waals surface area contributed by atoms with Crippen LogP contribution in [0.1, 0.15) is 25.2 Å². The lowest BCUT2D eigenvalue weighted by atomic mass is 10.3. The fourth-order valence-corrected chi connectivity index (χ4v) is 0.892. The number of alkyl halides is 3. The second kappa shape index (κ2) is 4.24. The molecule has 6 nitrogen and oxygen atoms in total. The summed E-state index contributed by atoms with van der Waals surface area (Å²) in [7, 11) is 0. The van der Waals surface area contributed by atoms with Crippen LogP contribution in [-0.4, -0.2) is 32.7 Å². The first kappa shape index (κ1) is 11.4. The smallest absolute Gasteiger partial charge is 0.346 e. The molecule has 1 aromatic heterocycles. The van der Waals surface area contributed by atoms with E-state index in [9.17, 15) is 18.0 Å². The number of aromatic amines is 1. The molecule has 1 atom stereocenters. The van der Waals surface area contributed by atoms with Crippen LogP contribution < -0.4 is 5.32 Å². The first-order valence-corrected chi connectivity index (χ1v) is 3.98. The van der Waals surface area contributed by atoms with E-state index in [2.05, 4.69) is 25.9 Å². The highest BCUT2D eigenvalue weighted by Gasteiger charge is 2.31. The molecule has 0 bridgehead atoms. The topological polar surface area (TPSA) is 83.6 Å². The van der Waals surface area contributed by atoms with Crippen molar-refractivity contribution >= 4 is 5.91 Å². The van der Waals surface area contributed by atoms with Crippen LogP contribution in [0.15, 0.2) is 0 Å². The first-order chi connectivity index (χ1) is 6.88. The van der Waals surface area contributed by atoms with Crippen LogP contribution in [0, 0.1) is 0 Å². The molecule has 84 valence electrons. The summed E-state index contributed by atoms with van der Waals surface area (Å²) in [4.78, 5) is 10.8. The van der Waals surface area contributed by atoms with Crippen LogP contribution >= 0.6 is 0 Å². The number of carbonyl (C=O) groups is 1. The van der Waals surface area contributed by atoms with Crippen LogP contribution in [0.5, 0.6) is 0 Å². The van der Waals surface area contributed by atoms with Gasteiger partial charge in [0, 0.05) is 0 Å². The van der Waals surface area contributed by atoms with Crippen molar-refractivity contribution in [3.63, 3.8) is 0 Å². The number of nitrogens with one attached hydrogen (secondary N) is 2. The monoisotopic (exact) mass is 223 g/mol. The minimum absolute atomic E-state index is 0.130. The lowest BCUT2D eigenvalue weighted by molar-refractivity contribution is -0.154. The van der Waals surface area contributed by atoms with Crippen molar-refractivity contribution in [3.05, 3.63) is 5.82 Å². The molecular weight excluding hydrogens is 215 g/mol. The molecule has 9 heteroatoms. The zero-order chi connectivity index (χ0) is 11.5. The fraction of sp³-hybridized carbons (Fsp3) is 0.667. The van der Waals surface area contributed by atoms with Gasteiger partial charge in [0.1, 0.15) is 6.42 Å². The summed E-state index contributed by atoms with van der Waals surface area (Å²) in [6, 6.07) is -0.710. The molecule has 0 fully saturated rings. The second-order valence-corrected chi connectivity index (χ2v) is 2.85. The summed E-state index contributed by atoms with van der Waals surface area (Å²) >= 11 is 0. The van der Waals surface area contributed by atoms with Gasteiger partial charge in [0.05, 0.1) is 6.04 Å². The van der Waals surface area contributed by atoms with Gasteiger partial charge in [-0.3, -0.25) is 4.79 Å². The third-order valence-electron chi connectivity index (χ3n) is 1.49. The number of aromatic nitrogens is 4. The Kier molecular flexibility index (Phi) is 3.22. The van der Waals surface area contributed by atoms with Gasteiger partial charge in [0.25, 0.3) is 0 Å². The van der Waals surface area contributed by atoms with Gasteiger partial charge >= 0.3 is 6.18 Å². The Morgan fingerprint density at radius 3 is 2.73 bits per heavy atom. The number of tetrazole rings is 1. The minimum Gasteiger partial charge on any atom is -0.346 e. The van der Waals surface area contributed by atoms with Crippen LogP contribution in [0.2, 0.25) is 0 Å². The molecule has 1 rings (SSSR count). The maximum Gasteiger partial charge on any atom is 0.397 e. The van der Waals surface area contributed by atoms with E-state index in [1.165, 1.54) is 6.92 Å². The molecular formula is C6H8F3N5O. The number of amides is 1. The molecule has 0 radical (unpaired) electrons. The Morgan fingerprint density at radius 1 is 1.60 bits per heavy atom. The predicted molar refractivity (Wildman–Crippen MR) is 41.4 cm³/mol. The van der Waals surface area contributed by atoms with E-state index >= 15 is 0 Å². The Hall–Kier alpha value is -1.67. The molecule has 0 saturated heterocycles. The van der Waals surface area contributed by atoms with E-state index in [1.807, 2.05) is 0 Å². The zero-order valence-electron chi connectivity index (χ0n) is 7.67. The molecule has 0 aromatic carbocycles. The number of nitrogens with zero attached hydrogens (tertiary/aromatic N) is 3. The van der Waals surface area contributed by atoms with Crippen molar-refractivity contribution < 1.29 is 18.0 Å². The van der Waals surface area contributed by atoms with Crippen molar-refractivity contribution in [3.8, 4) is 0 Å². The summed E-state index contributed by atoms with van der Waals surface area (Å²) in [6.07, 6.45) is -6.03. The maximum atomic E-state index is 11.8. The van der Waals surface area contributed by atoms with Crippen molar-refractivity contribution in [2.24, 2.45) is 0 Å². The number of carbonyl (C=O) groups excluding carboxylic acids is 1. The summed E-state index contributed by atoms with van der Waals surface area (Å²) in [5, 5.41) is 14.5. The fourth-order valence-electron chi connectivity index (χ4n) is 0.892. The Labute approximate surface area is 82.2 Å². The maximum absolute atomic E-state index is 11.8. The van der Waals surface area contributed by atoms with Gasteiger partial charge in [-0.2, -0.15) is 18.4 Å². The van der Waals surface area contributed by atoms with E-state index in [0.717, 1.165) is 0 Å². The number of halogens is 3. The van der Waals surface area contributed by atoms with Gasteiger partial charge in [-0.25, -0.2) is 0 Å². The highest BCUT2D eigenvalue weighted by Crippen LogP contribution is 2.19. The summed E-state index contributed by atoms with van der Waals surface area (Å²) < 4.78 is 35.4. The molecule has 0 spiro atoms. The molecule has 0 saturated carbocycles. The summed E-state index contributed by atoms with van der Waals surface area (Å²) in [5.41, 5.74) is 0. The highest BCUT2D eigenvalue weighted by molar-refractivity contribution is 5.76. The lowest BCUT2D eigenvalue weighted by Gasteiger charge is -2.11. The van der Waals surface area contributed by atoms with E-state index < -0.39 is 24.5 Å². The number of H-pyrrole nitrogens is 1. The molecule has 15 heavy (non-hydrogen) atoms. The standard InChI is InChI=1S/C6H8F3N5O/c1-3(5-11-13-14-12-5)10-4(15)2-6(7,8)9/h3H,2H2,1H3,(H,10,15)(H,11,12,13,14). The molecule has 0 aliphatic heterocycles. The highest BCUT2D eigenvalue weighted by atomic mass is 19.4. The zero-order valence-corrected chi connectivity index (χ0v) is 7.67. The average molecular weight is 223 g/mol. The van der Waals surface area contributed by atoms with Crippen LogP contribution in [-0.2, 0) is 4.79 Å². The van der Waals surface area contributed by atoms with Crippen molar-refractivity contribution in [1.82, 2.24) is 25.9 Å². The molecule has 0 aliphatic carbocycles.